The molecule has 0 fully saturated rings. The smallest absolute Gasteiger partial charge is 0.285 e. The highest BCUT2D eigenvalue weighted by Gasteiger charge is 2.20. The summed E-state index contributed by atoms with van der Waals surface area (Å²) in [6, 6.07) is 6.75. The van der Waals surface area contributed by atoms with Crippen molar-refractivity contribution in [2.45, 2.75) is 12.5 Å². The van der Waals surface area contributed by atoms with Crippen molar-refractivity contribution in [3.63, 3.8) is 0 Å². The molecular formula is C18H16FIN2O4S. The van der Waals surface area contributed by atoms with Gasteiger partial charge in [0.2, 0.25) is 0 Å². The Morgan fingerprint density at radius 3 is 2.96 bits per heavy atom. The van der Waals surface area contributed by atoms with Gasteiger partial charge in [-0.05, 0) is 51.9 Å². The molecule has 2 aromatic heterocycles. The summed E-state index contributed by atoms with van der Waals surface area (Å²) < 4.78 is 16.0. The Bertz CT molecular complexity index is 966. The first-order chi connectivity index (χ1) is 13.0. The molecule has 0 aliphatic heterocycles. The van der Waals surface area contributed by atoms with Gasteiger partial charge in [0, 0.05) is 32.5 Å². The Labute approximate surface area is 172 Å². The third kappa shape index (κ3) is 4.79. The van der Waals surface area contributed by atoms with Gasteiger partial charge in [0.05, 0.1) is 11.5 Å². The quantitative estimate of drug-likeness (QED) is 0.342. The van der Waals surface area contributed by atoms with Gasteiger partial charge in [-0.2, -0.15) is 0 Å². The number of nitrogens with one attached hydrogen (secondary N) is 1. The first-order valence-corrected chi connectivity index (χ1v) is 9.89. The third-order valence-electron chi connectivity index (χ3n) is 3.83. The highest BCUT2D eigenvalue weighted by atomic mass is 127. The fourth-order valence-electron chi connectivity index (χ4n) is 2.51. The monoisotopic (exact) mass is 502 g/mol. The summed E-state index contributed by atoms with van der Waals surface area (Å²) in [6.45, 7) is -0.711. The van der Waals surface area contributed by atoms with Crippen LogP contribution in [-0.2, 0) is 11.3 Å². The molecule has 0 unspecified atom stereocenters. The van der Waals surface area contributed by atoms with Gasteiger partial charge in [0.15, 0.2) is 0 Å². The zero-order valence-electron chi connectivity index (χ0n) is 14.0. The zero-order chi connectivity index (χ0) is 19.4. The lowest BCUT2D eigenvalue weighted by Gasteiger charge is -2.10. The maximum atomic E-state index is 14.3. The van der Waals surface area contributed by atoms with Crippen molar-refractivity contribution in [1.29, 1.82) is 0 Å². The molecule has 3 aromatic rings. The summed E-state index contributed by atoms with van der Waals surface area (Å²) in [4.78, 5) is 22.0. The van der Waals surface area contributed by atoms with Crippen LogP contribution in [0, 0.1) is 9.39 Å². The zero-order valence-corrected chi connectivity index (χ0v) is 17.0. The van der Waals surface area contributed by atoms with Gasteiger partial charge >= 0.3 is 0 Å². The Balaban J connectivity index is 1.90. The van der Waals surface area contributed by atoms with Gasteiger partial charge in [-0.15, -0.1) is 11.3 Å². The average molecular weight is 502 g/mol. The molecule has 0 radical (unpaired) electrons. The van der Waals surface area contributed by atoms with E-state index >= 15 is 0 Å². The molecule has 0 spiro atoms. The minimum Gasteiger partial charge on any atom is -0.394 e. The molecule has 1 amide bonds. The molecule has 27 heavy (non-hydrogen) atoms. The molecule has 0 aliphatic carbocycles. The van der Waals surface area contributed by atoms with Gasteiger partial charge in [-0.3, -0.25) is 14.6 Å². The highest BCUT2D eigenvalue weighted by molar-refractivity contribution is 14.1. The van der Waals surface area contributed by atoms with Gasteiger partial charge < -0.3 is 10.2 Å². The highest BCUT2D eigenvalue weighted by Crippen LogP contribution is 2.33. The number of halogens is 2. The number of benzene rings is 1. The number of hydrogen-bond acceptors (Lipinski definition) is 6. The van der Waals surface area contributed by atoms with Crippen LogP contribution in [0.5, 0.6) is 0 Å². The maximum absolute atomic E-state index is 14.3. The first-order valence-electron chi connectivity index (χ1n) is 8.00. The van der Waals surface area contributed by atoms with E-state index in [-0.39, 0.29) is 18.8 Å². The molecule has 0 saturated heterocycles. The summed E-state index contributed by atoms with van der Waals surface area (Å²) >= 11 is 3.30. The van der Waals surface area contributed by atoms with E-state index in [1.807, 2.05) is 28.7 Å². The lowest BCUT2D eigenvalue weighted by atomic mass is 10.0. The van der Waals surface area contributed by atoms with Crippen molar-refractivity contribution in [3.8, 4) is 0 Å². The standard InChI is InChI=1S/C18H16FIN2O4S/c19-15-6-11(20)2-1-10(15)5-13-14-7-21-4-3-16(14)27-17(13)18(25)22-26-9-12(24)8-23/h1-4,6-7,12,23-24H,5,8-9H2,(H,22,25)/t12-/m0/s1. The van der Waals surface area contributed by atoms with Crippen molar-refractivity contribution < 1.29 is 24.2 Å². The molecule has 3 rings (SSSR count). The molecule has 142 valence electrons. The van der Waals surface area contributed by atoms with E-state index in [0.717, 1.165) is 13.7 Å². The molecule has 0 aliphatic rings. The number of pyridine rings is 1. The molecule has 1 atom stereocenters. The lowest BCUT2D eigenvalue weighted by molar-refractivity contribution is -0.0294. The number of carbonyl (C=O) groups is 1. The maximum Gasteiger partial charge on any atom is 0.285 e. The van der Waals surface area contributed by atoms with Crippen LogP contribution in [-0.4, -0.2) is 40.4 Å². The Kier molecular flexibility index (Phi) is 6.71. The Hall–Kier alpha value is -1.66. The topological polar surface area (TPSA) is 91.7 Å². The molecule has 9 heteroatoms. The summed E-state index contributed by atoms with van der Waals surface area (Å²) in [7, 11) is 0. The van der Waals surface area contributed by atoms with Gasteiger partial charge in [-0.25, -0.2) is 9.87 Å². The molecular weight excluding hydrogens is 486 g/mol. The first kappa shape index (κ1) is 20.1. The number of carbonyl (C=O) groups excluding carboxylic acids is 1. The van der Waals surface area contributed by atoms with Crippen molar-refractivity contribution in [2.24, 2.45) is 0 Å². The number of aliphatic hydroxyl groups is 2. The number of fused-ring (bicyclic) bond motifs is 1. The summed E-state index contributed by atoms with van der Waals surface area (Å²) in [5.41, 5.74) is 3.40. The third-order valence-corrected chi connectivity index (χ3v) is 5.72. The van der Waals surface area contributed by atoms with Crippen molar-refractivity contribution in [1.82, 2.24) is 10.5 Å². The number of nitrogens with zero attached hydrogens (tertiary/aromatic N) is 1. The minimum atomic E-state index is -1.09. The summed E-state index contributed by atoms with van der Waals surface area (Å²) in [6.07, 6.45) is 2.43. The van der Waals surface area contributed by atoms with Gasteiger partial charge in [0.1, 0.15) is 18.5 Å². The predicted molar refractivity (Wildman–Crippen MR) is 108 cm³/mol. The van der Waals surface area contributed by atoms with Crippen LogP contribution in [0.3, 0.4) is 0 Å². The normalized spacial score (nSPS) is 12.3. The number of aliphatic hydroxyl groups excluding tert-OH is 2. The second-order valence-electron chi connectivity index (χ2n) is 5.77. The fourth-order valence-corrected chi connectivity index (χ4v) is 4.04. The van der Waals surface area contributed by atoms with E-state index in [9.17, 15) is 14.3 Å². The number of thiophene rings is 1. The average Bonchev–Trinajstić information content (AvgIpc) is 3.02. The van der Waals surface area contributed by atoms with E-state index in [4.69, 9.17) is 9.94 Å². The molecule has 6 nitrogen and oxygen atoms in total. The van der Waals surface area contributed by atoms with Gasteiger partial charge in [-0.1, -0.05) is 6.07 Å². The van der Waals surface area contributed by atoms with E-state index in [2.05, 4.69) is 10.5 Å². The minimum absolute atomic E-state index is 0.233. The largest absolute Gasteiger partial charge is 0.394 e. The Morgan fingerprint density at radius 1 is 1.41 bits per heavy atom. The lowest BCUT2D eigenvalue weighted by Crippen LogP contribution is -2.29. The van der Waals surface area contributed by atoms with E-state index in [0.29, 0.717) is 16.0 Å². The van der Waals surface area contributed by atoms with Crippen LogP contribution in [0.2, 0.25) is 0 Å². The molecule has 2 heterocycles. The van der Waals surface area contributed by atoms with Crippen molar-refractivity contribution >= 4 is 49.9 Å². The van der Waals surface area contributed by atoms with Crippen molar-refractivity contribution in [2.75, 3.05) is 13.2 Å². The second-order valence-corrected chi connectivity index (χ2v) is 8.07. The fraction of sp³-hybridized carbons (Fsp3) is 0.222. The number of aromatic nitrogens is 1. The number of rotatable bonds is 7. The molecule has 0 saturated carbocycles. The van der Waals surface area contributed by atoms with E-state index < -0.39 is 18.6 Å². The second kappa shape index (κ2) is 9.02. The number of hydroxylamine groups is 1. The Morgan fingerprint density at radius 2 is 2.22 bits per heavy atom. The van der Waals surface area contributed by atoms with Crippen LogP contribution >= 0.6 is 33.9 Å². The van der Waals surface area contributed by atoms with Crippen LogP contribution in [0.4, 0.5) is 4.39 Å². The summed E-state index contributed by atoms with van der Waals surface area (Å²) in [5.74, 6) is -0.832. The SMILES string of the molecule is O=C(NOC[C@@H](O)CO)c1sc2ccncc2c1Cc1ccc(I)cc1F. The number of amides is 1. The van der Waals surface area contributed by atoms with Crippen LogP contribution in [0.25, 0.3) is 10.1 Å². The molecule has 0 bridgehead atoms. The molecule has 3 N–H and O–H groups in total. The number of hydrogen-bond donors (Lipinski definition) is 3. The predicted octanol–water partition coefficient (Wildman–Crippen LogP) is 2.65. The molecule has 1 aromatic carbocycles. The van der Waals surface area contributed by atoms with E-state index in [1.54, 1.807) is 24.5 Å². The van der Waals surface area contributed by atoms with Crippen LogP contribution < -0.4 is 5.48 Å². The van der Waals surface area contributed by atoms with Crippen LogP contribution in [0.15, 0.2) is 36.7 Å². The van der Waals surface area contributed by atoms with Gasteiger partial charge in [0.25, 0.3) is 5.91 Å². The van der Waals surface area contributed by atoms with E-state index in [1.165, 1.54) is 17.4 Å². The van der Waals surface area contributed by atoms with Crippen molar-refractivity contribution in [3.05, 3.63) is 62.1 Å². The summed E-state index contributed by atoms with van der Waals surface area (Å²) in [5, 5.41) is 18.8. The van der Waals surface area contributed by atoms with Crippen LogP contribution in [0.1, 0.15) is 20.8 Å².